The molecule has 0 spiro atoms. The van der Waals surface area contributed by atoms with Gasteiger partial charge in [0.2, 0.25) is 76.8 Å². The van der Waals surface area contributed by atoms with Crippen molar-refractivity contribution in [1.29, 1.82) is 0 Å². The number of aliphatic imine (C=N–C) groups is 1. The largest absolute Gasteiger partial charge is 0.370 e. The standard InChI is InChI=1S/C67H104N18O13/c1-40(2)35-49(61(93)81-48(57(72)89)36-41-17-6-3-7-18-41)77-56(88)39-76-58(90)50(37-42-19-8-4-9-20-42)82-62(94)51(38-43-21-10-5-11-22-43)83-60(92)45(27-29-54(70)86)78-59(91)46(28-30-55(71)87)79-63(95)53-26-16-34-85(53)66(98)47(24-12-13-31-68)80-64(96)52-25-15-33-84(52)65(97)44(69)23-14-32-75-67(73)74/h4-5,8-11,19-22,40-41,44-53H,3,6-7,12-18,23-39,68-69H2,1-2H3,(H2,70,86)(H2,71,87)(H2,72,89)(H,76,90)(H,77,88)(H,78,91)(H,79,95)(H,80,96)(H,81,93)(H,82,94)(H,83,92)(H4,73,74,75)/t44-,45-,46-,47-,48-,49-,50-,51-,52-,53-/m0/s1. The van der Waals surface area contributed by atoms with Crippen LogP contribution in [0.5, 0.6) is 0 Å². The van der Waals surface area contributed by atoms with E-state index in [1.54, 1.807) is 60.7 Å². The number of primary amides is 3. The highest BCUT2D eigenvalue weighted by atomic mass is 16.2. The Hall–Kier alpha value is -9.26. The smallest absolute Gasteiger partial charge is 0.245 e. The van der Waals surface area contributed by atoms with Gasteiger partial charge in [0.15, 0.2) is 5.96 Å². The molecule has 10 atom stereocenters. The zero-order valence-corrected chi connectivity index (χ0v) is 56.5. The van der Waals surface area contributed by atoms with Crippen LogP contribution >= 0.6 is 0 Å². The molecule has 31 nitrogen and oxygen atoms in total. The van der Waals surface area contributed by atoms with Crippen molar-refractivity contribution in [3.05, 3.63) is 71.8 Å². The van der Waals surface area contributed by atoms with Crippen LogP contribution in [0, 0.1) is 11.8 Å². The van der Waals surface area contributed by atoms with Crippen molar-refractivity contribution < 1.29 is 62.3 Å². The van der Waals surface area contributed by atoms with Crippen LogP contribution in [-0.2, 0) is 75.2 Å². The summed E-state index contributed by atoms with van der Waals surface area (Å²) in [6.07, 6.45) is 6.37. The predicted octanol–water partition coefficient (Wildman–Crippen LogP) is -2.49. The van der Waals surface area contributed by atoms with Gasteiger partial charge in [0.25, 0.3) is 0 Å². The molecule has 1 saturated carbocycles. The third-order valence-electron chi connectivity index (χ3n) is 17.7. The first kappa shape index (κ1) is 79.4. The molecule has 2 saturated heterocycles. The quantitative estimate of drug-likeness (QED) is 0.0186. The molecule has 31 heteroatoms. The Kier molecular flexibility index (Phi) is 33.3. The molecule has 3 fully saturated rings. The van der Waals surface area contributed by atoms with E-state index in [1.807, 2.05) is 13.8 Å². The zero-order chi connectivity index (χ0) is 71.8. The number of likely N-dealkylation sites (tertiary alicyclic amines) is 2. The maximum Gasteiger partial charge on any atom is 0.245 e. The summed E-state index contributed by atoms with van der Waals surface area (Å²) < 4.78 is 0. The number of unbranched alkanes of at least 4 members (excludes halogenated alkanes) is 1. The summed E-state index contributed by atoms with van der Waals surface area (Å²) in [5.74, 6) is -9.97. The SMILES string of the molecule is CC(C)C[C@H](NC(=O)CNC(=O)[C@H](Cc1ccccc1)NC(=O)[C@H](Cc1ccccc1)NC(=O)[C@H](CCC(N)=O)NC(=O)[C@H](CCC(N)=O)NC(=O)[C@@H]1CCCN1C(=O)[C@H](CCCCN)NC(=O)[C@@H]1CCCN1C(=O)[C@@H](N)CCCN=C(N)N)C(=O)N[C@@H](CC1CCCCC1)C(N)=O. The Morgan fingerprint density at radius 1 is 0.500 bits per heavy atom. The Morgan fingerprint density at radius 3 is 1.49 bits per heavy atom. The summed E-state index contributed by atoms with van der Waals surface area (Å²) in [4.78, 5) is 186. The molecule has 98 heavy (non-hydrogen) atoms. The lowest BCUT2D eigenvalue weighted by molar-refractivity contribution is -0.144. The summed E-state index contributed by atoms with van der Waals surface area (Å²) in [5.41, 5.74) is 40.9. The van der Waals surface area contributed by atoms with E-state index in [4.69, 9.17) is 40.1 Å². The molecule has 1 aliphatic carbocycles. The Bertz CT molecular complexity index is 3060. The van der Waals surface area contributed by atoms with Crippen molar-refractivity contribution in [2.24, 2.45) is 57.0 Å². The van der Waals surface area contributed by atoms with E-state index < -0.39 is 169 Å². The number of carbonyl (C=O) groups is 13. The van der Waals surface area contributed by atoms with E-state index in [2.05, 4.69) is 47.5 Å². The van der Waals surface area contributed by atoms with E-state index in [0.29, 0.717) is 56.1 Å². The van der Waals surface area contributed by atoms with Gasteiger partial charge in [-0.25, -0.2) is 0 Å². The van der Waals surface area contributed by atoms with Crippen LogP contribution in [0.4, 0.5) is 0 Å². The number of nitrogens with one attached hydrogen (secondary N) is 8. The minimum atomic E-state index is -1.64. The molecular formula is C67H104N18O13. The van der Waals surface area contributed by atoms with Crippen LogP contribution in [0.1, 0.15) is 153 Å². The molecule has 13 amide bonds. The molecule has 0 unspecified atom stereocenters. The van der Waals surface area contributed by atoms with Crippen molar-refractivity contribution in [3.8, 4) is 0 Å². The van der Waals surface area contributed by atoms with Crippen LogP contribution in [0.2, 0.25) is 0 Å². The van der Waals surface area contributed by atoms with Gasteiger partial charge in [-0.3, -0.25) is 67.3 Å². The van der Waals surface area contributed by atoms with Crippen LogP contribution in [0.25, 0.3) is 0 Å². The summed E-state index contributed by atoms with van der Waals surface area (Å²) >= 11 is 0. The summed E-state index contributed by atoms with van der Waals surface area (Å²) in [7, 11) is 0. The molecular weight excluding hydrogens is 1260 g/mol. The topological polar surface area (TPSA) is 519 Å². The highest BCUT2D eigenvalue weighted by Gasteiger charge is 2.42. The maximum absolute atomic E-state index is 14.7. The van der Waals surface area contributed by atoms with Crippen molar-refractivity contribution in [3.63, 3.8) is 0 Å². The molecule has 3 aliphatic rings. The number of guanidine groups is 1. The number of benzene rings is 2. The predicted molar refractivity (Wildman–Crippen MR) is 364 cm³/mol. The number of hydrogen-bond donors (Lipinski definition) is 15. The minimum absolute atomic E-state index is 0.0749. The Labute approximate surface area is 572 Å². The van der Waals surface area contributed by atoms with Gasteiger partial charge in [0.1, 0.15) is 54.4 Å². The third kappa shape index (κ3) is 27.0. The van der Waals surface area contributed by atoms with Gasteiger partial charge in [0.05, 0.1) is 12.6 Å². The van der Waals surface area contributed by atoms with E-state index in [-0.39, 0.29) is 82.5 Å². The van der Waals surface area contributed by atoms with E-state index in [9.17, 15) is 62.3 Å². The fraction of sp³-hybridized carbons (Fsp3) is 0.612. The second kappa shape index (κ2) is 41.1. The van der Waals surface area contributed by atoms with Gasteiger partial charge >= 0.3 is 0 Å². The average molecular weight is 1370 g/mol. The van der Waals surface area contributed by atoms with Crippen molar-refractivity contribution in [1.82, 2.24) is 52.3 Å². The van der Waals surface area contributed by atoms with E-state index in [0.717, 1.165) is 32.1 Å². The summed E-state index contributed by atoms with van der Waals surface area (Å²) in [6, 6.07) is 4.64. The highest BCUT2D eigenvalue weighted by molar-refractivity contribution is 5.99. The molecule has 0 radical (unpaired) electrons. The highest BCUT2D eigenvalue weighted by Crippen LogP contribution is 2.28. The second-order valence-electron chi connectivity index (χ2n) is 26.1. The number of carbonyl (C=O) groups excluding carboxylic acids is 13. The van der Waals surface area contributed by atoms with Crippen LogP contribution in [0.3, 0.4) is 0 Å². The van der Waals surface area contributed by atoms with Gasteiger partial charge in [-0.15, -0.1) is 0 Å². The lowest BCUT2D eigenvalue weighted by Crippen LogP contribution is -2.60. The first-order chi connectivity index (χ1) is 46.7. The number of rotatable bonds is 41. The molecule has 22 N–H and O–H groups in total. The first-order valence-electron chi connectivity index (χ1n) is 34.2. The fourth-order valence-electron chi connectivity index (χ4n) is 12.5. The number of amides is 13. The van der Waals surface area contributed by atoms with E-state index >= 15 is 0 Å². The normalized spacial score (nSPS) is 17.8. The van der Waals surface area contributed by atoms with E-state index in [1.165, 1.54) is 9.80 Å². The van der Waals surface area contributed by atoms with Gasteiger partial charge in [0, 0.05) is 45.3 Å². The van der Waals surface area contributed by atoms with Gasteiger partial charge in [-0.1, -0.05) is 107 Å². The van der Waals surface area contributed by atoms with Gasteiger partial charge in [-0.05, 0) is 113 Å². The monoisotopic (exact) mass is 1370 g/mol. The molecule has 0 aromatic heterocycles. The fourth-order valence-corrected chi connectivity index (χ4v) is 12.5. The van der Waals surface area contributed by atoms with Crippen LogP contribution < -0.4 is 82.7 Å². The molecule has 2 aliphatic heterocycles. The lowest BCUT2D eigenvalue weighted by Gasteiger charge is -2.32. The Balaban J connectivity index is 1.33. The summed E-state index contributed by atoms with van der Waals surface area (Å²) in [5, 5.41) is 21.4. The lowest BCUT2D eigenvalue weighted by atomic mass is 9.84. The molecule has 2 aromatic carbocycles. The van der Waals surface area contributed by atoms with Gasteiger partial charge in [-0.2, -0.15) is 0 Å². The zero-order valence-electron chi connectivity index (χ0n) is 56.5. The second-order valence-corrected chi connectivity index (χ2v) is 26.1. The first-order valence-corrected chi connectivity index (χ1v) is 34.2. The van der Waals surface area contributed by atoms with Crippen molar-refractivity contribution in [2.45, 2.75) is 216 Å². The minimum Gasteiger partial charge on any atom is -0.370 e. The number of nitrogens with two attached hydrogens (primary N) is 7. The molecule has 0 bridgehead atoms. The molecule has 2 heterocycles. The number of hydrogen-bond acceptors (Lipinski definition) is 16. The Morgan fingerprint density at radius 2 is 0.980 bits per heavy atom. The molecule has 5 rings (SSSR count). The van der Waals surface area contributed by atoms with Crippen molar-refractivity contribution >= 4 is 82.8 Å². The van der Waals surface area contributed by atoms with Crippen molar-refractivity contribution in [2.75, 3.05) is 32.7 Å². The van der Waals surface area contributed by atoms with Gasteiger partial charge < -0.3 is 92.5 Å². The van der Waals surface area contributed by atoms with Crippen LogP contribution in [0.15, 0.2) is 65.7 Å². The molecule has 2 aromatic rings. The molecule has 540 valence electrons. The maximum atomic E-state index is 14.7. The third-order valence-corrected chi connectivity index (χ3v) is 17.7. The van der Waals surface area contributed by atoms with Crippen LogP contribution in [-0.4, -0.2) is 186 Å². The number of nitrogens with zero attached hydrogens (tertiary/aromatic N) is 3. The summed E-state index contributed by atoms with van der Waals surface area (Å²) in [6.45, 7) is 3.92. The average Bonchev–Trinajstić information content (AvgIpc) is 1.60.